The fourth-order valence-electron chi connectivity index (χ4n) is 1.88. The van der Waals surface area contributed by atoms with E-state index in [0.717, 1.165) is 24.2 Å². The Morgan fingerprint density at radius 2 is 2.00 bits per heavy atom. The number of carboxylic acids is 1. The van der Waals surface area contributed by atoms with Gasteiger partial charge in [0.15, 0.2) is 0 Å². The molecule has 0 unspecified atom stereocenters. The zero-order valence-electron chi connectivity index (χ0n) is 10.9. The van der Waals surface area contributed by atoms with Crippen LogP contribution < -0.4 is 10.6 Å². The van der Waals surface area contributed by atoms with E-state index in [-0.39, 0.29) is 11.5 Å². The van der Waals surface area contributed by atoms with Gasteiger partial charge in [-0.1, -0.05) is 0 Å². The first kappa shape index (κ1) is 13.3. The molecule has 5 heteroatoms. The average molecular weight is 260 g/mol. The highest BCUT2D eigenvalue weighted by Gasteiger charge is 2.16. The molecule has 0 radical (unpaired) electrons. The van der Waals surface area contributed by atoms with Gasteiger partial charge in [0.05, 0.1) is 5.56 Å². The van der Waals surface area contributed by atoms with E-state index in [9.17, 15) is 9.59 Å². The van der Waals surface area contributed by atoms with Gasteiger partial charge in [0, 0.05) is 24.4 Å². The lowest BCUT2D eigenvalue weighted by molar-refractivity contribution is -0.112. The predicted molar refractivity (Wildman–Crippen MR) is 72.3 cm³/mol. The molecule has 2 rings (SSSR count). The van der Waals surface area contributed by atoms with Crippen LogP contribution in [0.1, 0.15) is 22.8 Å². The average Bonchev–Trinajstić information content (AvgIpc) is 2.25. The normalized spacial score (nSPS) is 13.7. The van der Waals surface area contributed by atoms with E-state index in [1.54, 1.807) is 26.0 Å². The van der Waals surface area contributed by atoms with Crippen LogP contribution in [0.25, 0.3) is 0 Å². The van der Waals surface area contributed by atoms with E-state index in [4.69, 9.17) is 5.11 Å². The molecular weight excluding hydrogens is 244 g/mol. The molecule has 0 aliphatic carbocycles. The minimum atomic E-state index is -0.964. The number of carboxylic acid groups (broad SMARTS) is 1. The summed E-state index contributed by atoms with van der Waals surface area (Å²) in [5.74, 6) is -1.10. The number of benzene rings is 1. The Morgan fingerprint density at radius 3 is 2.47 bits per heavy atom. The van der Waals surface area contributed by atoms with Crippen LogP contribution in [-0.4, -0.2) is 30.1 Å². The van der Waals surface area contributed by atoms with Gasteiger partial charge in [0.1, 0.15) is 0 Å². The standard InChI is InChI=1S/C14H16N2O3/c1-8-5-11(3-4-12(8)14(18)19)16-13(17)9(2)10-6-15-7-10/h3-5,15H,6-7H2,1-2H3,(H,16,17)(H,18,19). The van der Waals surface area contributed by atoms with Crippen molar-refractivity contribution >= 4 is 17.6 Å². The van der Waals surface area contributed by atoms with E-state index in [1.165, 1.54) is 6.07 Å². The summed E-state index contributed by atoms with van der Waals surface area (Å²) in [5.41, 5.74) is 3.31. The summed E-state index contributed by atoms with van der Waals surface area (Å²) < 4.78 is 0. The molecule has 3 N–H and O–H groups in total. The van der Waals surface area contributed by atoms with Gasteiger partial charge in [-0.3, -0.25) is 4.79 Å². The minimum absolute atomic E-state index is 0.140. The van der Waals surface area contributed by atoms with Crippen LogP contribution in [0.3, 0.4) is 0 Å². The summed E-state index contributed by atoms with van der Waals surface area (Å²) in [6, 6.07) is 4.77. The molecule has 1 saturated heterocycles. The van der Waals surface area contributed by atoms with E-state index in [0.29, 0.717) is 11.3 Å². The highest BCUT2D eigenvalue weighted by molar-refractivity contribution is 6.04. The topological polar surface area (TPSA) is 78.4 Å². The maximum atomic E-state index is 12.0. The number of amides is 1. The van der Waals surface area contributed by atoms with Crippen LogP contribution in [0.4, 0.5) is 5.69 Å². The number of aryl methyl sites for hydroxylation is 1. The van der Waals surface area contributed by atoms with Crippen molar-refractivity contribution in [2.45, 2.75) is 13.8 Å². The van der Waals surface area contributed by atoms with Gasteiger partial charge in [0.25, 0.3) is 5.91 Å². The fourth-order valence-corrected chi connectivity index (χ4v) is 1.88. The molecule has 1 aliphatic heterocycles. The van der Waals surface area contributed by atoms with Gasteiger partial charge in [0.2, 0.25) is 0 Å². The van der Waals surface area contributed by atoms with Gasteiger partial charge in [-0.15, -0.1) is 0 Å². The quantitative estimate of drug-likeness (QED) is 0.720. The van der Waals surface area contributed by atoms with E-state index in [1.807, 2.05) is 0 Å². The Morgan fingerprint density at radius 1 is 1.32 bits per heavy atom. The van der Waals surface area contributed by atoms with Crippen molar-refractivity contribution in [3.8, 4) is 0 Å². The molecule has 1 aromatic carbocycles. The second-order valence-electron chi connectivity index (χ2n) is 4.62. The molecule has 1 heterocycles. The third-order valence-corrected chi connectivity index (χ3v) is 3.26. The maximum absolute atomic E-state index is 12.0. The Labute approximate surface area is 111 Å². The Balaban J connectivity index is 2.13. The summed E-state index contributed by atoms with van der Waals surface area (Å²) in [6.45, 7) is 5.02. The molecule has 0 atom stereocenters. The third-order valence-electron chi connectivity index (χ3n) is 3.26. The van der Waals surface area contributed by atoms with Gasteiger partial charge >= 0.3 is 5.97 Å². The Kier molecular flexibility index (Phi) is 3.66. The highest BCUT2D eigenvalue weighted by Crippen LogP contribution is 2.17. The van der Waals surface area contributed by atoms with Crippen LogP contribution in [0.2, 0.25) is 0 Å². The highest BCUT2D eigenvalue weighted by atomic mass is 16.4. The first-order valence-corrected chi connectivity index (χ1v) is 6.03. The molecule has 1 fully saturated rings. The fraction of sp³-hybridized carbons (Fsp3) is 0.286. The van der Waals surface area contributed by atoms with Gasteiger partial charge < -0.3 is 15.7 Å². The van der Waals surface area contributed by atoms with E-state index in [2.05, 4.69) is 10.6 Å². The van der Waals surface area contributed by atoms with Crippen LogP contribution in [0, 0.1) is 6.92 Å². The summed E-state index contributed by atoms with van der Waals surface area (Å²) in [6.07, 6.45) is 0. The zero-order chi connectivity index (χ0) is 14.0. The van der Waals surface area contributed by atoms with Crippen molar-refractivity contribution in [2.75, 3.05) is 18.4 Å². The van der Waals surface area contributed by atoms with Crippen molar-refractivity contribution in [2.24, 2.45) is 0 Å². The van der Waals surface area contributed by atoms with Crippen LogP contribution in [0.15, 0.2) is 29.3 Å². The monoisotopic (exact) mass is 260 g/mol. The van der Waals surface area contributed by atoms with Crippen molar-refractivity contribution in [3.63, 3.8) is 0 Å². The molecule has 0 bridgehead atoms. The van der Waals surface area contributed by atoms with Crippen molar-refractivity contribution in [1.82, 2.24) is 5.32 Å². The lowest BCUT2D eigenvalue weighted by atomic mass is 10.0. The molecule has 5 nitrogen and oxygen atoms in total. The number of hydrogen-bond acceptors (Lipinski definition) is 3. The SMILES string of the molecule is CC(C(=O)Nc1ccc(C(=O)O)c(C)c1)=C1CNC1. The molecule has 0 saturated carbocycles. The Bertz CT molecular complexity index is 570. The Hall–Kier alpha value is -2.14. The second kappa shape index (κ2) is 5.24. The molecule has 1 aromatic rings. The maximum Gasteiger partial charge on any atom is 0.335 e. The number of carbonyl (C=O) groups excluding carboxylic acids is 1. The van der Waals surface area contributed by atoms with Crippen molar-refractivity contribution in [3.05, 3.63) is 40.5 Å². The number of nitrogens with one attached hydrogen (secondary N) is 2. The molecule has 0 spiro atoms. The minimum Gasteiger partial charge on any atom is -0.478 e. The molecular formula is C14H16N2O3. The van der Waals surface area contributed by atoms with Gasteiger partial charge in [-0.25, -0.2) is 4.79 Å². The smallest absolute Gasteiger partial charge is 0.335 e. The first-order chi connectivity index (χ1) is 8.99. The van der Waals surface area contributed by atoms with E-state index < -0.39 is 5.97 Å². The van der Waals surface area contributed by atoms with Gasteiger partial charge in [-0.05, 0) is 43.2 Å². The molecule has 100 valence electrons. The number of carbonyl (C=O) groups is 2. The van der Waals surface area contributed by atoms with Gasteiger partial charge in [-0.2, -0.15) is 0 Å². The van der Waals surface area contributed by atoms with Crippen LogP contribution in [-0.2, 0) is 4.79 Å². The summed E-state index contributed by atoms with van der Waals surface area (Å²) in [5, 5.41) is 14.8. The third kappa shape index (κ3) is 2.82. The summed E-state index contributed by atoms with van der Waals surface area (Å²) in [7, 11) is 0. The molecule has 0 aromatic heterocycles. The number of rotatable bonds is 3. The number of hydrogen-bond donors (Lipinski definition) is 3. The largest absolute Gasteiger partial charge is 0.478 e. The van der Waals surface area contributed by atoms with Crippen LogP contribution in [0.5, 0.6) is 0 Å². The lowest BCUT2D eigenvalue weighted by Gasteiger charge is -2.21. The predicted octanol–water partition coefficient (Wildman–Crippen LogP) is 1.55. The van der Waals surface area contributed by atoms with Crippen molar-refractivity contribution in [1.29, 1.82) is 0 Å². The van der Waals surface area contributed by atoms with Crippen LogP contribution >= 0.6 is 0 Å². The second-order valence-corrected chi connectivity index (χ2v) is 4.62. The number of anilines is 1. The molecule has 1 aliphatic rings. The van der Waals surface area contributed by atoms with Crippen molar-refractivity contribution < 1.29 is 14.7 Å². The zero-order valence-corrected chi connectivity index (χ0v) is 10.9. The number of aromatic carboxylic acids is 1. The molecule has 19 heavy (non-hydrogen) atoms. The summed E-state index contributed by atoms with van der Waals surface area (Å²) >= 11 is 0. The lowest BCUT2D eigenvalue weighted by Crippen LogP contribution is -2.36. The summed E-state index contributed by atoms with van der Waals surface area (Å²) in [4.78, 5) is 22.9. The first-order valence-electron chi connectivity index (χ1n) is 6.03. The van der Waals surface area contributed by atoms with E-state index >= 15 is 0 Å². The molecule has 1 amide bonds.